The Bertz CT molecular complexity index is 999. The second kappa shape index (κ2) is 9.14. The summed E-state index contributed by atoms with van der Waals surface area (Å²) in [5.41, 5.74) is 4.45. The van der Waals surface area contributed by atoms with Crippen LogP contribution in [0.1, 0.15) is 43.5 Å². The fourth-order valence-corrected chi connectivity index (χ4v) is 4.31. The van der Waals surface area contributed by atoms with Crippen LogP contribution in [0.4, 0.5) is 5.95 Å². The molecule has 0 saturated carbocycles. The summed E-state index contributed by atoms with van der Waals surface area (Å²) < 4.78 is 1.99. The number of rotatable bonds is 6. The van der Waals surface area contributed by atoms with Gasteiger partial charge in [0.1, 0.15) is 0 Å². The molecule has 6 nitrogen and oxygen atoms in total. The quantitative estimate of drug-likeness (QED) is 0.568. The summed E-state index contributed by atoms with van der Waals surface area (Å²) >= 11 is 6.30. The van der Waals surface area contributed by atoms with E-state index in [9.17, 15) is 0 Å². The Morgan fingerprint density at radius 1 is 1.20 bits per heavy atom. The van der Waals surface area contributed by atoms with Gasteiger partial charge in [0.25, 0.3) is 0 Å². The molecule has 1 aliphatic heterocycles. The van der Waals surface area contributed by atoms with Gasteiger partial charge in [0.05, 0.1) is 17.9 Å². The van der Waals surface area contributed by atoms with Crippen LogP contribution in [0.25, 0.3) is 11.1 Å². The summed E-state index contributed by atoms with van der Waals surface area (Å²) in [4.78, 5) is 14.1. The predicted molar refractivity (Wildman–Crippen MR) is 122 cm³/mol. The van der Waals surface area contributed by atoms with Crippen LogP contribution in [0.15, 0.2) is 42.9 Å². The lowest BCUT2D eigenvalue weighted by Gasteiger charge is -2.36. The number of piperidine rings is 1. The number of aromatic nitrogens is 4. The molecule has 7 heteroatoms. The van der Waals surface area contributed by atoms with Crippen molar-refractivity contribution in [2.24, 2.45) is 0 Å². The number of hydrogen-bond acceptors (Lipinski definition) is 5. The number of likely N-dealkylation sites (tertiary alicyclic amines) is 1. The smallest absolute Gasteiger partial charge is 0.225 e. The summed E-state index contributed by atoms with van der Waals surface area (Å²) in [5, 5.41) is 5.18. The second-order valence-electron chi connectivity index (χ2n) is 8.06. The summed E-state index contributed by atoms with van der Waals surface area (Å²) in [5.74, 6) is 0.736. The molecule has 3 heterocycles. The molecular formula is C23H29ClN6. The Balaban J connectivity index is 1.73. The Morgan fingerprint density at radius 2 is 2.07 bits per heavy atom. The van der Waals surface area contributed by atoms with Crippen LogP contribution in [0, 0.1) is 0 Å². The Kier molecular flexibility index (Phi) is 6.35. The number of aryl methyl sites for hydroxylation is 1. The minimum absolute atomic E-state index is 0.236. The molecule has 30 heavy (non-hydrogen) atoms. The van der Waals surface area contributed by atoms with Crippen LogP contribution in [0.3, 0.4) is 0 Å². The van der Waals surface area contributed by atoms with E-state index in [1.807, 2.05) is 54.3 Å². The SMILES string of the molecule is CCn1cc(CN2CCCC[C@@H]2c2nc(N(C)C)ncc2-c2cccc(Cl)c2)cn1. The summed E-state index contributed by atoms with van der Waals surface area (Å²) in [7, 11) is 3.96. The third-order valence-corrected chi connectivity index (χ3v) is 5.90. The Hall–Kier alpha value is -2.44. The highest BCUT2D eigenvalue weighted by atomic mass is 35.5. The monoisotopic (exact) mass is 424 g/mol. The first-order valence-corrected chi connectivity index (χ1v) is 11.0. The average Bonchev–Trinajstić information content (AvgIpc) is 3.21. The van der Waals surface area contributed by atoms with Crippen molar-refractivity contribution in [3.63, 3.8) is 0 Å². The van der Waals surface area contributed by atoms with Gasteiger partial charge in [0.2, 0.25) is 5.95 Å². The third-order valence-electron chi connectivity index (χ3n) is 5.67. The van der Waals surface area contributed by atoms with E-state index in [1.54, 1.807) is 0 Å². The molecule has 0 aliphatic carbocycles. The van der Waals surface area contributed by atoms with E-state index in [0.29, 0.717) is 0 Å². The minimum Gasteiger partial charge on any atom is -0.347 e. The van der Waals surface area contributed by atoms with Gasteiger partial charge in [-0.25, -0.2) is 9.97 Å². The molecule has 1 aromatic carbocycles. The molecule has 0 unspecified atom stereocenters. The lowest BCUT2D eigenvalue weighted by molar-refractivity contribution is 0.137. The van der Waals surface area contributed by atoms with Crippen LogP contribution >= 0.6 is 11.6 Å². The van der Waals surface area contributed by atoms with Crippen LogP contribution in [0.2, 0.25) is 5.02 Å². The first-order chi connectivity index (χ1) is 14.5. The van der Waals surface area contributed by atoms with Crippen molar-refractivity contribution < 1.29 is 0 Å². The number of nitrogens with zero attached hydrogens (tertiary/aromatic N) is 6. The molecule has 158 valence electrons. The molecule has 1 fully saturated rings. The van der Waals surface area contributed by atoms with Gasteiger partial charge in [-0.15, -0.1) is 0 Å². The summed E-state index contributed by atoms with van der Waals surface area (Å²) in [6.45, 7) is 4.93. The largest absolute Gasteiger partial charge is 0.347 e. The molecule has 3 aromatic rings. The molecule has 1 aliphatic rings. The standard InChI is InChI=1S/C23H29ClN6/c1-4-30-16-17(13-26-30)15-29-11-6-5-10-21(29)22-20(14-25-23(27-22)28(2)3)18-8-7-9-19(24)12-18/h7-9,12-14,16,21H,4-6,10-11,15H2,1-3H3/t21-/m1/s1. The number of anilines is 1. The van der Waals surface area contributed by atoms with Crippen molar-refractivity contribution in [3.8, 4) is 11.1 Å². The van der Waals surface area contributed by atoms with Gasteiger partial charge in [-0.3, -0.25) is 9.58 Å². The highest BCUT2D eigenvalue weighted by Crippen LogP contribution is 2.37. The van der Waals surface area contributed by atoms with E-state index in [4.69, 9.17) is 16.6 Å². The maximum Gasteiger partial charge on any atom is 0.225 e. The molecule has 0 amide bonds. The molecule has 2 aromatic heterocycles. The van der Waals surface area contributed by atoms with E-state index < -0.39 is 0 Å². The van der Waals surface area contributed by atoms with Crippen LogP contribution < -0.4 is 4.90 Å². The normalized spacial score (nSPS) is 17.3. The van der Waals surface area contributed by atoms with Gasteiger partial charge in [-0.1, -0.05) is 30.2 Å². The van der Waals surface area contributed by atoms with Crippen LogP contribution in [-0.4, -0.2) is 45.3 Å². The maximum atomic E-state index is 6.30. The molecule has 4 rings (SSSR count). The highest BCUT2D eigenvalue weighted by Gasteiger charge is 2.29. The zero-order chi connectivity index (χ0) is 21.1. The fraction of sp³-hybridized carbons (Fsp3) is 0.435. The molecule has 1 saturated heterocycles. The van der Waals surface area contributed by atoms with Gasteiger partial charge >= 0.3 is 0 Å². The lowest BCUT2D eigenvalue weighted by atomic mass is 9.93. The first kappa shape index (κ1) is 20.8. The molecule has 0 spiro atoms. The van der Waals surface area contributed by atoms with E-state index in [1.165, 1.54) is 18.4 Å². The number of benzene rings is 1. The first-order valence-electron chi connectivity index (χ1n) is 10.6. The molecular weight excluding hydrogens is 396 g/mol. The number of halogens is 1. The van der Waals surface area contributed by atoms with Gasteiger partial charge in [-0.2, -0.15) is 5.10 Å². The van der Waals surface area contributed by atoms with Gasteiger partial charge in [0.15, 0.2) is 0 Å². The fourth-order valence-electron chi connectivity index (χ4n) is 4.12. The maximum absolute atomic E-state index is 6.30. The van der Waals surface area contributed by atoms with Crippen LogP contribution in [0.5, 0.6) is 0 Å². The summed E-state index contributed by atoms with van der Waals surface area (Å²) in [6.07, 6.45) is 9.57. The van der Waals surface area contributed by atoms with E-state index >= 15 is 0 Å². The van der Waals surface area contributed by atoms with Crippen molar-refractivity contribution in [2.45, 2.75) is 45.3 Å². The van der Waals surface area contributed by atoms with Gasteiger partial charge in [-0.05, 0) is 44.0 Å². The predicted octanol–water partition coefficient (Wildman–Crippen LogP) is 4.81. The van der Waals surface area contributed by atoms with E-state index in [-0.39, 0.29) is 6.04 Å². The van der Waals surface area contributed by atoms with Crippen LogP contribution in [-0.2, 0) is 13.1 Å². The van der Waals surface area contributed by atoms with Crippen molar-refractivity contribution in [3.05, 3.63) is 59.1 Å². The van der Waals surface area contributed by atoms with E-state index in [2.05, 4.69) is 34.2 Å². The second-order valence-corrected chi connectivity index (χ2v) is 8.50. The van der Waals surface area contributed by atoms with Crippen molar-refractivity contribution in [2.75, 3.05) is 25.5 Å². The zero-order valence-electron chi connectivity index (χ0n) is 17.9. The van der Waals surface area contributed by atoms with Crippen molar-refractivity contribution >= 4 is 17.5 Å². The summed E-state index contributed by atoms with van der Waals surface area (Å²) in [6, 6.07) is 8.20. The number of hydrogen-bond donors (Lipinski definition) is 0. The van der Waals surface area contributed by atoms with Gasteiger partial charge < -0.3 is 4.90 Å². The van der Waals surface area contributed by atoms with Gasteiger partial charge in [0, 0.05) is 55.7 Å². The highest BCUT2D eigenvalue weighted by molar-refractivity contribution is 6.30. The molecule has 1 atom stereocenters. The minimum atomic E-state index is 0.236. The zero-order valence-corrected chi connectivity index (χ0v) is 18.7. The van der Waals surface area contributed by atoms with E-state index in [0.717, 1.165) is 53.8 Å². The Morgan fingerprint density at radius 3 is 2.80 bits per heavy atom. The van der Waals surface area contributed by atoms with Crippen molar-refractivity contribution in [1.82, 2.24) is 24.6 Å². The molecule has 0 N–H and O–H groups in total. The molecule has 0 radical (unpaired) electrons. The topological polar surface area (TPSA) is 50.1 Å². The lowest BCUT2D eigenvalue weighted by Crippen LogP contribution is -2.34. The molecule has 0 bridgehead atoms. The Labute approximate surface area is 183 Å². The average molecular weight is 425 g/mol. The third kappa shape index (κ3) is 4.50. The van der Waals surface area contributed by atoms with Crippen molar-refractivity contribution in [1.29, 1.82) is 0 Å².